The first-order valence-corrected chi connectivity index (χ1v) is 13.5. The summed E-state index contributed by atoms with van der Waals surface area (Å²) in [6.07, 6.45) is 2.50. The van der Waals surface area contributed by atoms with Crippen molar-refractivity contribution in [2.75, 3.05) is 0 Å². The van der Waals surface area contributed by atoms with Crippen LogP contribution in [0.15, 0.2) is 42.0 Å². The number of hydrogen-bond donors (Lipinski definition) is 0. The van der Waals surface area contributed by atoms with Gasteiger partial charge in [0.1, 0.15) is 8.07 Å². The van der Waals surface area contributed by atoms with Gasteiger partial charge in [0.2, 0.25) is 0 Å². The second-order valence-corrected chi connectivity index (χ2v) is 14.3. The summed E-state index contributed by atoms with van der Waals surface area (Å²) in [4.78, 5) is 0. The number of fused-ring (bicyclic) bond motifs is 4. The molecule has 0 nitrogen and oxygen atoms in total. The molecule has 0 aromatic heterocycles. The number of benzene rings is 2. The summed E-state index contributed by atoms with van der Waals surface area (Å²) in [5, 5.41) is 1.72. The molecule has 0 saturated carbocycles. The van der Waals surface area contributed by atoms with E-state index in [0.717, 1.165) is 11.5 Å². The van der Waals surface area contributed by atoms with E-state index in [1.54, 1.807) is 22.2 Å². The normalized spacial score (nSPS) is 25.9. The molecule has 1 heterocycles. The highest BCUT2D eigenvalue weighted by Crippen LogP contribution is 2.55. The Morgan fingerprint density at radius 3 is 2.22 bits per heavy atom. The zero-order valence-electron chi connectivity index (χ0n) is 18.2. The van der Waals surface area contributed by atoms with Gasteiger partial charge in [-0.3, -0.25) is 0 Å². The number of aryl methyl sites for hydroxylation is 3. The van der Waals surface area contributed by atoms with Crippen molar-refractivity contribution < 1.29 is 0 Å². The Morgan fingerprint density at radius 2 is 1.59 bits per heavy atom. The third kappa shape index (κ3) is 2.58. The third-order valence-electron chi connectivity index (χ3n) is 7.29. The molecule has 1 unspecified atom stereocenters. The minimum absolute atomic E-state index is 0.584. The SMILES string of the molecule is CC1=C[C+](C)[C@@H]2c3cccc(-c4c(C)cc(C)cc4C)c3[Si](C)(C)C1[C@H]2C. The van der Waals surface area contributed by atoms with Crippen molar-refractivity contribution in [1.29, 1.82) is 0 Å². The van der Waals surface area contributed by atoms with Crippen LogP contribution in [0.5, 0.6) is 0 Å². The van der Waals surface area contributed by atoms with E-state index in [1.807, 2.05) is 0 Å². The minimum Gasteiger partial charge on any atom is -0.0634 e. The van der Waals surface area contributed by atoms with Gasteiger partial charge in [0.25, 0.3) is 0 Å². The Labute approximate surface area is 166 Å². The van der Waals surface area contributed by atoms with Gasteiger partial charge < -0.3 is 0 Å². The molecule has 1 aliphatic carbocycles. The molecule has 3 atom stereocenters. The predicted octanol–water partition coefficient (Wildman–Crippen LogP) is 6.85. The largest absolute Gasteiger partial charge is 0.112 e. The standard InChI is InChI=1S/C26H33Si/c1-15-12-16(2)23(17(3)13-15)21-10-9-11-22-24-18(4)14-19(5)25(20(24)6)27(7,8)26(21)22/h9-14,20,24-25H,1-8H3/q+1/t20-,24-,25?/m0/s1. The summed E-state index contributed by atoms with van der Waals surface area (Å²) >= 11 is 0. The molecule has 4 rings (SSSR count). The van der Waals surface area contributed by atoms with Crippen LogP contribution in [0.2, 0.25) is 18.6 Å². The van der Waals surface area contributed by atoms with Crippen molar-refractivity contribution in [1.82, 2.24) is 0 Å². The van der Waals surface area contributed by atoms with Gasteiger partial charge in [-0.2, -0.15) is 0 Å². The fourth-order valence-corrected chi connectivity index (χ4v) is 11.8. The van der Waals surface area contributed by atoms with Crippen molar-refractivity contribution in [3.05, 3.63) is 70.2 Å². The van der Waals surface area contributed by atoms with Gasteiger partial charge in [0, 0.05) is 25.3 Å². The highest BCUT2D eigenvalue weighted by atomic mass is 28.3. The van der Waals surface area contributed by atoms with Gasteiger partial charge in [-0.15, -0.1) is 0 Å². The lowest BCUT2D eigenvalue weighted by molar-refractivity contribution is 0.443. The first-order valence-electron chi connectivity index (χ1n) is 10.4. The van der Waals surface area contributed by atoms with Crippen LogP contribution in [0.4, 0.5) is 0 Å². The lowest BCUT2D eigenvalue weighted by atomic mass is 9.70. The fraction of sp³-hybridized carbons (Fsp3) is 0.423. The molecule has 0 amide bonds. The number of hydrogen-bond acceptors (Lipinski definition) is 0. The van der Waals surface area contributed by atoms with Crippen LogP contribution in [0.1, 0.15) is 48.9 Å². The van der Waals surface area contributed by atoms with E-state index in [-0.39, 0.29) is 0 Å². The van der Waals surface area contributed by atoms with Crippen molar-refractivity contribution in [2.45, 2.75) is 66.1 Å². The maximum Gasteiger partial charge on any atom is 0.112 e. The summed E-state index contributed by atoms with van der Waals surface area (Å²) in [5.41, 5.74) is 11.2. The molecule has 0 radical (unpaired) electrons. The summed E-state index contributed by atoms with van der Waals surface area (Å²) in [6.45, 7) is 19.2. The second-order valence-electron chi connectivity index (χ2n) is 9.71. The highest BCUT2D eigenvalue weighted by molar-refractivity contribution is 6.93. The zero-order chi connectivity index (χ0) is 19.7. The molecule has 140 valence electrons. The van der Waals surface area contributed by atoms with E-state index in [4.69, 9.17) is 0 Å². The first-order chi connectivity index (χ1) is 12.6. The molecule has 2 aromatic carbocycles. The molecule has 1 heteroatoms. The Balaban J connectivity index is 2.06. The summed E-state index contributed by atoms with van der Waals surface area (Å²) in [6, 6.07) is 11.8. The van der Waals surface area contributed by atoms with Gasteiger partial charge in [-0.1, -0.05) is 55.9 Å². The smallest absolute Gasteiger partial charge is 0.0634 e. The molecular weight excluding hydrogens is 340 g/mol. The summed E-state index contributed by atoms with van der Waals surface area (Å²) < 4.78 is 0. The first kappa shape index (κ1) is 18.6. The van der Waals surface area contributed by atoms with Crippen molar-refractivity contribution >= 4 is 13.3 Å². The fourth-order valence-electron chi connectivity index (χ4n) is 6.83. The molecule has 27 heavy (non-hydrogen) atoms. The highest BCUT2D eigenvalue weighted by Gasteiger charge is 2.56. The van der Waals surface area contributed by atoms with Gasteiger partial charge in [-0.05, 0) is 53.8 Å². The topological polar surface area (TPSA) is 0 Å². The molecule has 0 saturated heterocycles. The summed E-state index contributed by atoms with van der Waals surface area (Å²) in [5.74, 6) is 2.86. The predicted molar refractivity (Wildman–Crippen MR) is 122 cm³/mol. The van der Waals surface area contributed by atoms with Gasteiger partial charge >= 0.3 is 0 Å². The molecule has 2 aliphatic rings. The van der Waals surface area contributed by atoms with Crippen molar-refractivity contribution in [3.8, 4) is 11.1 Å². The molecule has 0 fully saturated rings. The lowest BCUT2D eigenvalue weighted by Gasteiger charge is -2.48. The molecular formula is C26H33Si+. The van der Waals surface area contributed by atoms with Crippen LogP contribution in [-0.2, 0) is 0 Å². The van der Waals surface area contributed by atoms with Crippen LogP contribution in [-0.4, -0.2) is 8.07 Å². The van der Waals surface area contributed by atoms with Crippen LogP contribution < -0.4 is 5.19 Å². The average Bonchev–Trinajstić information content (AvgIpc) is 2.52. The van der Waals surface area contributed by atoms with Crippen molar-refractivity contribution in [3.63, 3.8) is 0 Å². The molecule has 2 aromatic rings. The zero-order valence-corrected chi connectivity index (χ0v) is 19.2. The maximum atomic E-state index is 2.61. The van der Waals surface area contributed by atoms with E-state index in [1.165, 1.54) is 27.8 Å². The van der Waals surface area contributed by atoms with Gasteiger partial charge in [-0.25, -0.2) is 0 Å². The van der Waals surface area contributed by atoms with Crippen LogP contribution in [0.3, 0.4) is 0 Å². The van der Waals surface area contributed by atoms with Crippen LogP contribution >= 0.6 is 0 Å². The second kappa shape index (κ2) is 6.14. The quantitative estimate of drug-likeness (QED) is 0.379. The Morgan fingerprint density at radius 1 is 0.963 bits per heavy atom. The van der Waals surface area contributed by atoms with E-state index >= 15 is 0 Å². The molecule has 0 N–H and O–H groups in total. The molecule has 2 bridgehead atoms. The van der Waals surface area contributed by atoms with Crippen LogP contribution in [0, 0.1) is 32.6 Å². The Kier molecular flexibility index (Phi) is 4.23. The van der Waals surface area contributed by atoms with Crippen LogP contribution in [0.25, 0.3) is 11.1 Å². The van der Waals surface area contributed by atoms with E-state index in [2.05, 4.69) is 91.0 Å². The summed E-state index contributed by atoms with van der Waals surface area (Å²) in [7, 11) is -1.66. The number of rotatable bonds is 1. The number of allylic oxidation sites excluding steroid dienone is 2. The van der Waals surface area contributed by atoms with Gasteiger partial charge in [0.05, 0.1) is 23.5 Å². The van der Waals surface area contributed by atoms with Crippen molar-refractivity contribution in [2.24, 2.45) is 5.92 Å². The monoisotopic (exact) mass is 373 g/mol. The van der Waals surface area contributed by atoms with E-state index in [0.29, 0.717) is 5.92 Å². The molecule has 0 spiro atoms. The van der Waals surface area contributed by atoms with E-state index < -0.39 is 8.07 Å². The minimum atomic E-state index is -1.66. The lowest BCUT2D eigenvalue weighted by Crippen LogP contribution is -2.57. The Bertz CT molecular complexity index is 924. The Hall–Kier alpha value is -1.73. The average molecular weight is 374 g/mol. The van der Waals surface area contributed by atoms with E-state index in [9.17, 15) is 0 Å². The molecule has 1 aliphatic heterocycles. The maximum absolute atomic E-state index is 2.61. The third-order valence-corrected chi connectivity index (χ3v) is 11.7. The van der Waals surface area contributed by atoms with Gasteiger partial charge in [0.15, 0.2) is 0 Å².